The largest absolute Gasteiger partial charge is 0.369 e. The summed E-state index contributed by atoms with van der Waals surface area (Å²) < 4.78 is 14.3. The van der Waals surface area contributed by atoms with E-state index in [2.05, 4.69) is 4.99 Å². The van der Waals surface area contributed by atoms with Gasteiger partial charge >= 0.3 is 0 Å². The Labute approximate surface area is 139 Å². The first-order valence-corrected chi connectivity index (χ1v) is 7.88. The molecule has 0 bridgehead atoms. The number of rotatable bonds is 4. The average molecular weight is 327 g/mol. The van der Waals surface area contributed by atoms with Crippen LogP contribution in [0.15, 0.2) is 41.4 Å². The van der Waals surface area contributed by atoms with Gasteiger partial charge in [0, 0.05) is 30.9 Å². The maximum Gasteiger partial charge on any atom is 0.274 e. The van der Waals surface area contributed by atoms with Crippen LogP contribution in [0.2, 0.25) is 0 Å². The van der Waals surface area contributed by atoms with E-state index in [0.29, 0.717) is 22.5 Å². The summed E-state index contributed by atoms with van der Waals surface area (Å²) in [4.78, 5) is 16.8. The van der Waals surface area contributed by atoms with Crippen molar-refractivity contribution in [3.8, 4) is 0 Å². The summed E-state index contributed by atoms with van der Waals surface area (Å²) in [5.74, 6) is -0.268. The standard InChI is InChI=1S/C18H18FN3O2/c1-13-4-6-15(11-18(13)22(23)24)20-12-14-5-7-17(16(19)10-14)21-8-2-3-9-21/h4-7,10-12H,2-3,8-9H2,1H3. The Hall–Kier alpha value is -2.76. The molecule has 0 N–H and O–H groups in total. The second kappa shape index (κ2) is 6.78. The lowest BCUT2D eigenvalue weighted by atomic mass is 10.2. The van der Waals surface area contributed by atoms with Crippen molar-refractivity contribution < 1.29 is 9.31 Å². The first-order chi connectivity index (χ1) is 11.5. The summed E-state index contributed by atoms with van der Waals surface area (Å²) >= 11 is 0. The van der Waals surface area contributed by atoms with Crippen molar-refractivity contribution in [3.63, 3.8) is 0 Å². The molecule has 6 heteroatoms. The van der Waals surface area contributed by atoms with Gasteiger partial charge in [0.25, 0.3) is 5.69 Å². The number of aliphatic imine (C=N–C) groups is 1. The highest BCUT2D eigenvalue weighted by Crippen LogP contribution is 2.26. The van der Waals surface area contributed by atoms with Crippen LogP contribution in [0.25, 0.3) is 0 Å². The number of nitrogens with zero attached hydrogens (tertiary/aromatic N) is 3. The fourth-order valence-corrected chi connectivity index (χ4v) is 2.84. The summed E-state index contributed by atoms with van der Waals surface area (Å²) in [6.07, 6.45) is 3.70. The van der Waals surface area contributed by atoms with E-state index in [0.717, 1.165) is 25.9 Å². The van der Waals surface area contributed by atoms with Crippen LogP contribution in [0.4, 0.5) is 21.5 Å². The molecule has 1 heterocycles. The first-order valence-electron chi connectivity index (χ1n) is 7.88. The molecule has 5 nitrogen and oxygen atoms in total. The molecule has 1 fully saturated rings. The topological polar surface area (TPSA) is 58.7 Å². The molecule has 0 radical (unpaired) electrons. The Morgan fingerprint density at radius 3 is 2.62 bits per heavy atom. The van der Waals surface area contributed by atoms with E-state index >= 15 is 0 Å². The lowest BCUT2D eigenvalue weighted by Gasteiger charge is -2.18. The number of anilines is 1. The van der Waals surface area contributed by atoms with E-state index in [4.69, 9.17) is 0 Å². The van der Waals surface area contributed by atoms with Gasteiger partial charge < -0.3 is 4.90 Å². The predicted molar refractivity (Wildman–Crippen MR) is 92.9 cm³/mol. The third-order valence-corrected chi connectivity index (χ3v) is 4.17. The molecule has 0 unspecified atom stereocenters. The molecule has 0 aliphatic carbocycles. The van der Waals surface area contributed by atoms with Crippen molar-refractivity contribution in [2.45, 2.75) is 19.8 Å². The van der Waals surface area contributed by atoms with Crippen LogP contribution in [0.3, 0.4) is 0 Å². The van der Waals surface area contributed by atoms with Crippen molar-refractivity contribution in [2.24, 2.45) is 4.99 Å². The fourth-order valence-electron chi connectivity index (χ4n) is 2.84. The summed E-state index contributed by atoms with van der Waals surface area (Å²) in [6, 6.07) is 9.79. The van der Waals surface area contributed by atoms with E-state index in [9.17, 15) is 14.5 Å². The highest BCUT2D eigenvalue weighted by molar-refractivity contribution is 5.83. The average Bonchev–Trinajstić information content (AvgIpc) is 3.08. The molecule has 1 saturated heterocycles. The highest BCUT2D eigenvalue weighted by Gasteiger charge is 2.16. The molecule has 24 heavy (non-hydrogen) atoms. The Morgan fingerprint density at radius 1 is 1.21 bits per heavy atom. The molecule has 1 aliphatic rings. The Bertz CT molecular complexity index is 799. The number of hydrogen-bond acceptors (Lipinski definition) is 4. The van der Waals surface area contributed by atoms with Crippen LogP contribution in [0, 0.1) is 22.9 Å². The van der Waals surface area contributed by atoms with E-state index in [-0.39, 0.29) is 11.5 Å². The van der Waals surface area contributed by atoms with Crippen molar-refractivity contribution >= 4 is 23.3 Å². The maximum atomic E-state index is 14.3. The van der Waals surface area contributed by atoms with Gasteiger partial charge in [-0.25, -0.2) is 4.39 Å². The molecule has 3 rings (SSSR count). The molecule has 0 amide bonds. The number of hydrogen-bond donors (Lipinski definition) is 0. The van der Waals surface area contributed by atoms with Gasteiger partial charge in [-0.15, -0.1) is 0 Å². The molecule has 0 atom stereocenters. The number of benzene rings is 2. The predicted octanol–water partition coefficient (Wildman–Crippen LogP) is 4.39. The molecule has 124 valence electrons. The minimum absolute atomic E-state index is 0.0280. The number of aryl methyl sites for hydroxylation is 1. The van der Waals surface area contributed by atoms with E-state index in [1.165, 1.54) is 18.3 Å². The first kappa shape index (κ1) is 16.1. The Balaban J connectivity index is 1.80. The van der Waals surface area contributed by atoms with Crippen LogP contribution in [-0.4, -0.2) is 24.2 Å². The zero-order valence-corrected chi connectivity index (χ0v) is 13.4. The van der Waals surface area contributed by atoms with E-state index in [1.54, 1.807) is 25.1 Å². The zero-order chi connectivity index (χ0) is 17.1. The van der Waals surface area contributed by atoms with Crippen molar-refractivity contribution in [2.75, 3.05) is 18.0 Å². The lowest BCUT2D eigenvalue weighted by Crippen LogP contribution is -2.18. The molecular weight excluding hydrogens is 309 g/mol. The SMILES string of the molecule is Cc1ccc(N=Cc2ccc(N3CCCC3)c(F)c2)cc1[N+](=O)[O-]. The fraction of sp³-hybridized carbons (Fsp3) is 0.278. The summed E-state index contributed by atoms with van der Waals surface area (Å²) in [7, 11) is 0. The summed E-state index contributed by atoms with van der Waals surface area (Å²) in [5, 5.41) is 11.0. The molecule has 0 aromatic heterocycles. The van der Waals surface area contributed by atoms with Gasteiger partial charge in [0.15, 0.2) is 0 Å². The monoisotopic (exact) mass is 327 g/mol. The van der Waals surface area contributed by atoms with Crippen molar-refractivity contribution in [3.05, 3.63) is 63.5 Å². The summed E-state index contributed by atoms with van der Waals surface area (Å²) in [6.45, 7) is 3.45. The van der Waals surface area contributed by atoms with E-state index < -0.39 is 4.92 Å². The third kappa shape index (κ3) is 3.42. The third-order valence-electron chi connectivity index (χ3n) is 4.17. The number of halogens is 1. The minimum atomic E-state index is -0.432. The van der Waals surface area contributed by atoms with Gasteiger partial charge in [-0.3, -0.25) is 15.1 Å². The highest BCUT2D eigenvalue weighted by atomic mass is 19.1. The maximum absolute atomic E-state index is 14.3. The number of nitro groups is 1. The van der Waals surface area contributed by atoms with Gasteiger partial charge in [-0.1, -0.05) is 12.1 Å². The lowest BCUT2D eigenvalue weighted by molar-refractivity contribution is -0.385. The van der Waals surface area contributed by atoms with E-state index in [1.807, 2.05) is 11.0 Å². The summed E-state index contributed by atoms with van der Waals surface area (Å²) in [5.41, 5.74) is 2.32. The van der Waals surface area contributed by atoms with Crippen molar-refractivity contribution in [1.82, 2.24) is 0 Å². The quantitative estimate of drug-likeness (QED) is 0.475. The second-order valence-electron chi connectivity index (χ2n) is 5.89. The van der Waals surface area contributed by atoms with Gasteiger partial charge in [-0.2, -0.15) is 0 Å². The van der Waals surface area contributed by atoms with Crippen molar-refractivity contribution in [1.29, 1.82) is 0 Å². The van der Waals surface area contributed by atoms with Gasteiger partial charge in [0.1, 0.15) is 5.82 Å². The van der Waals surface area contributed by atoms with Gasteiger partial charge in [0.2, 0.25) is 0 Å². The minimum Gasteiger partial charge on any atom is -0.369 e. The Morgan fingerprint density at radius 2 is 1.96 bits per heavy atom. The zero-order valence-electron chi connectivity index (χ0n) is 13.4. The Kier molecular flexibility index (Phi) is 4.55. The van der Waals surface area contributed by atoms with Crippen LogP contribution < -0.4 is 4.90 Å². The smallest absolute Gasteiger partial charge is 0.274 e. The normalized spacial score (nSPS) is 14.5. The molecule has 0 saturated carbocycles. The van der Waals surface area contributed by atoms with Crippen LogP contribution >= 0.6 is 0 Å². The van der Waals surface area contributed by atoms with Crippen LogP contribution in [-0.2, 0) is 0 Å². The molecule has 1 aliphatic heterocycles. The van der Waals surface area contributed by atoms with Crippen LogP contribution in [0.1, 0.15) is 24.0 Å². The molecule has 2 aromatic carbocycles. The van der Waals surface area contributed by atoms with Gasteiger partial charge in [-0.05, 0) is 43.5 Å². The van der Waals surface area contributed by atoms with Gasteiger partial charge in [0.05, 0.1) is 16.3 Å². The molecule has 0 spiro atoms. The second-order valence-corrected chi connectivity index (χ2v) is 5.89. The molecule has 2 aromatic rings. The van der Waals surface area contributed by atoms with Crippen LogP contribution in [0.5, 0.6) is 0 Å². The molecular formula is C18H18FN3O2. The number of nitro benzene ring substituents is 1.